The molecule has 0 saturated heterocycles. The predicted molar refractivity (Wildman–Crippen MR) is 110 cm³/mol. The van der Waals surface area contributed by atoms with E-state index in [1.807, 2.05) is 54.6 Å². The van der Waals surface area contributed by atoms with Gasteiger partial charge in [0.25, 0.3) is 0 Å². The maximum atomic E-state index is 13.1. The Labute approximate surface area is 166 Å². The molecule has 0 aliphatic rings. The second-order valence-corrected chi connectivity index (χ2v) is 6.66. The lowest BCUT2D eigenvalue weighted by molar-refractivity contribution is -0.140. The van der Waals surface area contributed by atoms with E-state index in [4.69, 9.17) is 4.74 Å². The Balaban J connectivity index is 2.16. The third-order valence-corrected chi connectivity index (χ3v) is 4.88. The van der Waals surface area contributed by atoms with Gasteiger partial charge in [0.05, 0.1) is 13.2 Å². The molecule has 0 spiro atoms. The number of rotatable bonds is 9. The monoisotopic (exact) mass is 383 g/mol. The molecular formula is C22H29N3O3. The second kappa shape index (κ2) is 10.5. The van der Waals surface area contributed by atoms with Crippen LogP contribution in [0.5, 0.6) is 5.75 Å². The van der Waals surface area contributed by atoms with E-state index in [0.29, 0.717) is 12.8 Å². The molecule has 0 aliphatic heterocycles. The lowest BCUT2D eigenvalue weighted by Gasteiger charge is -2.30. The summed E-state index contributed by atoms with van der Waals surface area (Å²) in [5, 5.41) is 5.75. The number of hydrogen-bond donors (Lipinski definition) is 2. The van der Waals surface area contributed by atoms with Crippen LogP contribution in [0.3, 0.4) is 0 Å². The van der Waals surface area contributed by atoms with Crippen LogP contribution in [0.2, 0.25) is 0 Å². The molecule has 2 aromatic rings. The zero-order valence-corrected chi connectivity index (χ0v) is 16.9. The van der Waals surface area contributed by atoms with E-state index in [1.165, 1.54) is 4.90 Å². The van der Waals surface area contributed by atoms with Gasteiger partial charge < -0.3 is 20.3 Å². The average molecular weight is 383 g/mol. The molecule has 0 heterocycles. The number of hydrogen-bond acceptors (Lipinski definition) is 4. The molecular weight excluding hydrogens is 354 g/mol. The second-order valence-electron chi connectivity index (χ2n) is 6.66. The van der Waals surface area contributed by atoms with Crippen LogP contribution < -0.4 is 15.4 Å². The number of likely N-dealkylation sites (N-methyl/N-ethyl adjacent to an activating group) is 3. The van der Waals surface area contributed by atoms with Gasteiger partial charge in [0, 0.05) is 20.5 Å². The molecule has 2 aromatic carbocycles. The highest BCUT2D eigenvalue weighted by Crippen LogP contribution is 2.15. The Morgan fingerprint density at radius 1 is 0.964 bits per heavy atom. The summed E-state index contributed by atoms with van der Waals surface area (Å²) in [6, 6.07) is 16.3. The predicted octanol–water partition coefficient (Wildman–Crippen LogP) is 1.64. The van der Waals surface area contributed by atoms with Crippen molar-refractivity contribution in [2.45, 2.75) is 24.9 Å². The van der Waals surface area contributed by atoms with Gasteiger partial charge in [0.1, 0.15) is 11.8 Å². The van der Waals surface area contributed by atoms with Crippen LogP contribution in [0, 0.1) is 0 Å². The van der Waals surface area contributed by atoms with Crippen molar-refractivity contribution < 1.29 is 14.3 Å². The third kappa shape index (κ3) is 5.57. The quantitative estimate of drug-likeness (QED) is 0.691. The van der Waals surface area contributed by atoms with Gasteiger partial charge in [0.15, 0.2) is 0 Å². The SMILES string of the molecule is CNC(=O)[C@@H](Cc1ccc(OC)cc1)N(C)C(=O)[C@@H](Cc1ccccc1)NC. The van der Waals surface area contributed by atoms with Gasteiger partial charge in [-0.25, -0.2) is 0 Å². The fourth-order valence-corrected chi connectivity index (χ4v) is 3.12. The number of benzene rings is 2. The van der Waals surface area contributed by atoms with Crippen LogP contribution in [0.1, 0.15) is 11.1 Å². The van der Waals surface area contributed by atoms with Gasteiger partial charge in [-0.15, -0.1) is 0 Å². The van der Waals surface area contributed by atoms with Crippen molar-refractivity contribution in [1.29, 1.82) is 0 Å². The Hall–Kier alpha value is -2.86. The summed E-state index contributed by atoms with van der Waals surface area (Å²) in [4.78, 5) is 27.1. The Morgan fingerprint density at radius 2 is 1.57 bits per heavy atom. The van der Waals surface area contributed by atoms with Crippen LogP contribution in [0.25, 0.3) is 0 Å². The van der Waals surface area contributed by atoms with Gasteiger partial charge in [-0.3, -0.25) is 9.59 Å². The summed E-state index contributed by atoms with van der Waals surface area (Å²) in [7, 11) is 6.64. The van der Waals surface area contributed by atoms with Crippen LogP contribution in [0.4, 0.5) is 0 Å². The number of ether oxygens (including phenoxy) is 1. The molecule has 28 heavy (non-hydrogen) atoms. The Bertz CT molecular complexity index is 762. The summed E-state index contributed by atoms with van der Waals surface area (Å²) < 4.78 is 5.18. The van der Waals surface area contributed by atoms with E-state index >= 15 is 0 Å². The van der Waals surface area contributed by atoms with Crippen LogP contribution in [0.15, 0.2) is 54.6 Å². The van der Waals surface area contributed by atoms with Crippen molar-refractivity contribution in [1.82, 2.24) is 15.5 Å². The number of nitrogens with zero attached hydrogens (tertiary/aromatic N) is 1. The van der Waals surface area contributed by atoms with Crippen molar-refractivity contribution in [2.75, 3.05) is 28.3 Å². The molecule has 2 amide bonds. The first-order valence-electron chi connectivity index (χ1n) is 9.32. The zero-order valence-electron chi connectivity index (χ0n) is 16.9. The summed E-state index contributed by atoms with van der Waals surface area (Å²) in [6.45, 7) is 0. The van der Waals surface area contributed by atoms with Crippen molar-refractivity contribution in [3.63, 3.8) is 0 Å². The molecule has 0 saturated carbocycles. The van der Waals surface area contributed by atoms with Crippen molar-refractivity contribution in [3.05, 3.63) is 65.7 Å². The van der Waals surface area contributed by atoms with E-state index in [-0.39, 0.29) is 11.8 Å². The maximum Gasteiger partial charge on any atom is 0.242 e. The number of amides is 2. The maximum absolute atomic E-state index is 13.1. The van der Waals surface area contributed by atoms with E-state index in [0.717, 1.165) is 16.9 Å². The first-order chi connectivity index (χ1) is 13.5. The lowest BCUT2D eigenvalue weighted by atomic mass is 10.0. The third-order valence-electron chi connectivity index (χ3n) is 4.88. The minimum absolute atomic E-state index is 0.117. The van der Waals surface area contributed by atoms with E-state index in [2.05, 4.69) is 10.6 Å². The first kappa shape index (κ1) is 21.4. The minimum Gasteiger partial charge on any atom is -0.497 e. The molecule has 0 radical (unpaired) electrons. The summed E-state index contributed by atoms with van der Waals surface area (Å²) in [6.07, 6.45) is 0.983. The first-order valence-corrected chi connectivity index (χ1v) is 9.32. The highest BCUT2D eigenvalue weighted by molar-refractivity contribution is 5.90. The molecule has 2 rings (SSSR count). The Morgan fingerprint density at radius 3 is 2.11 bits per heavy atom. The van der Waals surface area contributed by atoms with Gasteiger partial charge in [0.2, 0.25) is 11.8 Å². The zero-order chi connectivity index (χ0) is 20.5. The number of carbonyl (C=O) groups excluding carboxylic acids is 2. The van der Waals surface area contributed by atoms with Crippen molar-refractivity contribution in [2.24, 2.45) is 0 Å². The molecule has 6 nitrogen and oxygen atoms in total. The normalized spacial score (nSPS) is 12.7. The highest BCUT2D eigenvalue weighted by Gasteiger charge is 2.30. The Kier molecular flexibility index (Phi) is 8.02. The molecule has 6 heteroatoms. The largest absolute Gasteiger partial charge is 0.497 e. The number of carbonyl (C=O) groups is 2. The van der Waals surface area contributed by atoms with E-state index < -0.39 is 12.1 Å². The number of methoxy groups -OCH3 is 1. The summed E-state index contributed by atoms with van der Waals surface area (Å²) in [5.41, 5.74) is 2.02. The molecule has 150 valence electrons. The highest BCUT2D eigenvalue weighted by atomic mass is 16.5. The molecule has 2 N–H and O–H groups in total. The van der Waals surface area contributed by atoms with Crippen molar-refractivity contribution >= 4 is 11.8 Å². The van der Waals surface area contributed by atoms with Crippen LogP contribution >= 0.6 is 0 Å². The molecule has 2 atom stereocenters. The molecule has 0 fully saturated rings. The summed E-state index contributed by atoms with van der Waals surface area (Å²) >= 11 is 0. The average Bonchev–Trinajstić information content (AvgIpc) is 2.75. The molecule has 0 bridgehead atoms. The van der Waals surface area contributed by atoms with Crippen molar-refractivity contribution in [3.8, 4) is 5.75 Å². The summed E-state index contributed by atoms with van der Waals surface area (Å²) in [5.74, 6) is 0.442. The number of nitrogens with one attached hydrogen (secondary N) is 2. The minimum atomic E-state index is -0.600. The van der Waals surface area contributed by atoms with Gasteiger partial charge >= 0.3 is 0 Å². The smallest absolute Gasteiger partial charge is 0.242 e. The molecule has 0 aliphatic carbocycles. The lowest BCUT2D eigenvalue weighted by Crippen LogP contribution is -2.53. The van der Waals surface area contributed by atoms with Gasteiger partial charge in [-0.2, -0.15) is 0 Å². The fourth-order valence-electron chi connectivity index (χ4n) is 3.12. The van der Waals surface area contributed by atoms with E-state index in [9.17, 15) is 9.59 Å². The van der Waals surface area contributed by atoms with Gasteiger partial charge in [-0.1, -0.05) is 42.5 Å². The van der Waals surface area contributed by atoms with Crippen LogP contribution in [-0.4, -0.2) is 57.1 Å². The van der Waals surface area contributed by atoms with Crippen LogP contribution in [-0.2, 0) is 22.4 Å². The fraction of sp³-hybridized carbons (Fsp3) is 0.364. The standard InChI is InChI=1S/C22H29N3O3/c1-23-19(14-16-8-6-5-7-9-16)22(27)25(3)20(21(26)24-2)15-17-10-12-18(28-4)13-11-17/h5-13,19-20,23H,14-15H2,1-4H3,(H,24,26)/t19-,20-/m1/s1. The molecule has 0 unspecified atom stereocenters. The van der Waals surface area contributed by atoms with Gasteiger partial charge in [-0.05, 0) is 36.7 Å². The van der Waals surface area contributed by atoms with E-state index in [1.54, 1.807) is 28.3 Å². The topological polar surface area (TPSA) is 70.7 Å². The molecule has 0 aromatic heterocycles.